The highest BCUT2D eigenvalue weighted by atomic mass is 16.3. The summed E-state index contributed by atoms with van der Waals surface area (Å²) >= 11 is 0. The van der Waals surface area contributed by atoms with Crippen molar-refractivity contribution >= 4 is 0 Å². The van der Waals surface area contributed by atoms with E-state index in [0.717, 1.165) is 25.7 Å². The lowest BCUT2D eigenvalue weighted by molar-refractivity contribution is 0.0350. The average molecular weight is 268 g/mol. The van der Waals surface area contributed by atoms with E-state index in [-0.39, 0.29) is 0 Å². The monoisotopic (exact) mass is 268 g/mol. The maximum atomic E-state index is 9.34. The van der Waals surface area contributed by atoms with Gasteiger partial charge in [-0.25, -0.2) is 0 Å². The van der Waals surface area contributed by atoms with Crippen LogP contribution in [0.4, 0.5) is 0 Å². The zero-order chi connectivity index (χ0) is 13.6. The minimum atomic E-state index is 0.313. The lowest BCUT2D eigenvalue weighted by Crippen LogP contribution is -2.51. The standard InChI is InChI=1S/C16H32N2O/c1-2-17-13-16(9-4-3-5-10-16)14-18(11-12-19)15-7-6-8-15/h15,17,19H,2-14H2,1H3. The minimum absolute atomic E-state index is 0.313. The van der Waals surface area contributed by atoms with Gasteiger partial charge in [0.1, 0.15) is 0 Å². The van der Waals surface area contributed by atoms with E-state index in [2.05, 4.69) is 17.1 Å². The number of nitrogens with one attached hydrogen (secondary N) is 1. The summed E-state index contributed by atoms with van der Waals surface area (Å²) in [6, 6.07) is 0.757. The zero-order valence-corrected chi connectivity index (χ0v) is 12.7. The topological polar surface area (TPSA) is 35.5 Å². The largest absolute Gasteiger partial charge is 0.395 e. The highest BCUT2D eigenvalue weighted by Crippen LogP contribution is 2.38. The molecule has 2 aliphatic rings. The van der Waals surface area contributed by atoms with Crippen LogP contribution >= 0.6 is 0 Å². The summed E-state index contributed by atoms with van der Waals surface area (Å²) in [5, 5.41) is 12.9. The highest BCUT2D eigenvalue weighted by molar-refractivity contribution is 4.91. The first kappa shape index (κ1) is 15.3. The van der Waals surface area contributed by atoms with E-state index in [0.29, 0.717) is 12.0 Å². The Kier molecular flexibility index (Phi) is 6.11. The van der Waals surface area contributed by atoms with Crippen LogP contribution in [0.3, 0.4) is 0 Å². The van der Waals surface area contributed by atoms with E-state index < -0.39 is 0 Å². The van der Waals surface area contributed by atoms with Crippen LogP contribution in [0.2, 0.25) is 0 Å². The second-order valence-corrected chi connectivity index (χ2v) is 6.62. The highest BCUT2D eigenvalue weighted by Gasteiger charge is 2.36. The Balaban J connectivity index is 1.95. The van der Waals surface area contributed by atoms with Crippen LogP contribution in [0, 0.1) is 5.41 Å². The van der Waals surface area contributed by atoms with Crippen molar-refractivity contribution in [2.75, 3.05) is 32.8 Å². The molecule has 0 atom stereocenters. The molecule has 3 heteroatoms. The molecule has 0 aromatic rings. The number of aliphatic hydroxyl groups is 1. The fourth-order valence-corrected chi connectivity index (χ4v) is 3.78. The Bertz CT molecular complexity index is 247. The molecule has 0 saturated heterocycles. The molecule has 19 heavy (non-hydrogen) atoms. The molecule has 2 saturated carbocycles. The zero-order valence-electron chi connectivity index (χ0n) is 12.7. The number of rotatable bonds is 8. The molecule has 3 nitrogen and oxygen atoms in total. The smallest absolute Gasteiger partial charge is 0.0558 e. The summed E-state index contributed by atoms with van der Waals surface area (Å²) in [6.45, 7) is 6.83. The van der Waals surface area contributed by atoms with Gasteiger partial charge >= 0.3 is 0 Å². The molecule has 112 valence electrons. The van der Waals surface area contributed by atoms with E-state index in [1.165, 1.54) is 57.9 Å². The van der Waals surface area contributed by atoms with Gasteiger partial charge in [-0.3, -0.25) is 4.90 Å². The molecule has 0 unspecified atom stereocenters. The van der Waals surface area contributed by atoms with Crippen LogP contribution in [0.15, 0.2) is 0 Å². The SMILES string of the molecule is CCNCC1(CN(CCO)C2CCC2)CCCCC1. The molecule has 0 aromatic heterocycles. The Morgan fingerprint density at radius 2 is 1.89 bits per heavy atom. The second-order valence-electron chi connectivity index (χ2n) is 6.62. The lowest BCUT2D eigenvalue weighted by Gasteiger charge is -2.46. The third-order valence-electron chi connectivity index (χ3n) is 5.18. The van der Waals surface area contributed by atoms with E-state index in [1.807, 2.05) is 0 Å². The van der Waals surface area contributed by atoms with Gasteiger partial charge in [-0.2, -0.15) is 0 Å². The number of hydrogen-bond donors (Lipinski definition) is 2. The molecule has 2 fully saturated rings. The first-order valence-electron chi connectivity index (χ1n) is 8.35. The van der Waals surface area contributed by atoms with Gasteiger partial charge in [0.15, 0.2) is 0 Å². The third kappa shape index (κ3) is 4.17. The normalized spacial score (nSPS) is 23.5. The predicted molar refractivity (Wildman–Crippen MR) is 80.4 cm³/mol. The average Bonchev–Trinajstić information content (AvgIpc) is 2.36. The summed E-state index contributed by atoms with van der Waals surface area (Å²) in [4.78, 5) is 2.59. The van der Waals surface area contributed by atoms with Crippen LogP contribution in [-0.4, -0.2) is 48.8 Å². The lowest BCUT2D eigenvalue weighted by atomic mass is 9.73. The van der Waals surface area contributed by atoms with E-state index in [4.69, 9.17) is 0 Å². The van der Waals surface area contributed by atoms with Gasteiger partial charge in [0.25, 0.3) is 0 Å². The first-order valence-corrected chi connectivity index (χ1v) is 8.35. The van der Waals surface area contributed by atoms with Gasteiger partial charge in [0, 0.05) is 25.7 Å². The molecule has 0 amide bonds. The Hall–Kier alpha value is -0.120. The van der Waals surface area contributed by atoms with Crippen molar-refractivity contribution in [3.63, 3.8) is 0 Å². The molecule has 2 N–H and O–H groups in total. The van der Waals surface area contributed by atoms with Crippen LogP contribution in [0.5, 0.6) is 0 Å². The van der Waals surface area contributed by atoms with Crippen molar-refractivity contribution < 1.29 is 5.11 Å². The first-order chi connectivity index (χ1) is 9.29. The molecular weight excluding hydrogens is 236 g/mol. The van der Waals surface area contributed by atoms with Crippen molar-refractivity contribution in [1.29, 1.82) is 0 Å². The van der Waals surface area contributed by atoms with Gasteiger partial charge in [0.05, 0.1) is 6.61 Å². The molecular formula is C16H32N2O. The summed E-state index contributed by atoms with van der Waals surface area (Å²) in [7, 11) is 0. The molecule has 0 spiro atoms. The predicted octanol–water partition coefficient (Wildman–Crippen LogP) is 2.39. The molecule has 0 radical (unpaired) electrons. The van der Waals surface area contributed by atoms with Gasteiger partial charge in [-0.1, -0.05) is 32.6 Å². The van der Waals surface area contributed by atoms with Crippen LogP contribution in [-0.2, 0) is 0 Å². The molecule has 0 heterocycles. The van der Waals surface area contributed by atoms with Crippen molar-refractivity contribution in [2.45, 2.75) is 64.3 Å². The Morgan fingerprint density at radius 1 is 1.16 bits per heavy atom. The molecule has 2 rings (SSSR count). The summed E-state index contributed by atoms with van der Waals surface area (Å²) < 4.78 is 0. The second kappa shape index (κ2) is 7.61. The van der Waals surface area contributed by atoms with Crippen molar-refractivity contribution in [3.05, 3.63) is 0 Å². The van der Waals surface area contributed by atoms with E-state index >= 15 is 0 Å². The Morgan fingerprint density at radius 3 is 2.42 bits per heavy atom. The fourth-order valence-electron chi connectivity index (χ4n) is 3.78. The van der Waals surface area contributed by atoms with Gasteiger partial charge in [0.2, 0.25) is 0 Å². The number of aliphatic hydroxyl groups excluding tert-OH is 1. The van der Waals surface area contributed by atoms with E-state index in [9.17, 15) is 5.11 Å². The third-order valence-corrected chi connectivity index (χ3v) is 5.18. The quantitative estimate of drug-likeness (QED) is 0.709. The van der Waals surface area contributed by atoms with Gasteiger partial charge in [-0.05, 0) is 37.6 Å². The maximum absolute atomic E-state index is 9.34. The molecule has 0 aromatic carbocycles. The van der Waals surface area contributed by atoms with Crippen LogP contribution in [0.1, 0.15) is 58.3 Å². The van der Waals surface area contributed by atoms with Crippen LogP contribution < -0.4 is 5.32 Å². The summed E-state index contributed by atoms with van der Waals surface area (Å²) in [6.07, 6.45) is 11.0. The maximum Gasteiger partial charge on any atom is 0.0558 e. The summed E-state index contributed by atoms with van der Waals surface area (Å²) in [5.41, 5.74) is 0.471. The molecule has 2 aliphatic carbocycles. The fraction of sp³-hybridized carbons (Fsp3) is 1.00. The number of nitrogens with zero attached hydrogens (tertiary/aromatic N) is 1. The molecule has 0 bridgehead atoms. The van der Waals surface area contributed by atoms with Gasteiger partial charge in [-0.15, -0.1) is 0 Å². The number of hydrogen-bond acceptors (Lipinski definition) is 3. The van der Waals surface area contributed by atoms with Crippen molar-refractivity contribution in [3.8, 4) is 0 Å². The van der Waals surface area contributed by atoms with Crippen LogP contribution in [0.25, 0.3) is 0 Å². The summed E-state index contributed by atoms with van der Waals surface area (Å²) in [5.74, 6) is 0. The van der Waals surface area contributed by atoms with E-state index in [1.54, 1.807) is 0 Å². The van der Waals surface area contributed by atoms with Gasteiger partial charge < -0.3 is 10.4 Å². The Labute approximate surface area is 118 Å². The minimum Gasteiger partial charge on any atom is -0.395 e. The van der Waals surface area contributed by atoms with Crippen molar-refractivity contribution in [1.82, 2.24) is 10.2 Å². The van der Waals surface area contributed by atoms with Crippen molar-refractivity contribution in [2.24, 2.45) is 5.41 Å². The molecule has 0 aliphatic heterocycles.